The normalized spacial score (nSPS) is 16.1. The van der Waals surface area contributed by atoms with Crippen molar-refractivity contribution in [3.63, 3.8) is 0 Å². The molecule has 0 unspecified atom stereocenters. The number of alkyl halides is 6. The standard InChI is InChI=1S/C23H36F6O6S2Si/c1-10-11-20(19(9)34-36(30,31)22(24,25)26)21(35-37(32,33)23(27,28)29)14-18(8)12-13-38(15(2)3,16(4)5)17(6)7/h10,15-18,20-21H,1,9,11,14H2,2-8H3/t18-,20-,21-/m1/s1. The second-order valence-corrected chi connectivity index (χ2v) is 18.6. The van der Waals surface area contributed by atoms with E-state index in [4.69, 9.17) is 0 Å². The molecular weight excluding hydrogens is 578 g/mol. The van der Waals surface area contributed by atoms with Gasteiger partial charge in [0.25, 0.3) is 0 Å². The van der Waals surface area contributed by atoms with Gasteiger partial charge in [-0.1, -0.05) is 61.1 Å². The summed E-state index contributed by atoms with van der Waals surface area (Å²) in [5.74, 6) is -0.717. The van der Waals surface area contributed by atoms with Crippen LogP contribution in [-0.4, -0.2) is 42.0 Å². The summed E-state index contributed by atoms with van der Waals surface area (Å²) in [6.07, 6.45) is -2.02. The molecule has 0 heterocycles. The first-order valence-electron chi connectivity index (χ1n) is 11.7. The van der Waals surface area contributed by atoms with Crippen LogP contribution in [0.15, 0.2) is 25.0 Å². The fourth-order valence-electron chi connectivity index (χ4n) is 4.50. The van der Waals surface area contributed by atoms with E-state index in [0.29, 0.717) is 0 Å². The van der Waals surface area contributed by atoms with E-state index in [2.05, 4.69) is 33.0 Å². The summed E-state index contributed by atoms with van der Waals surface area (Å²) in [5.41, 5.74) is -7.77. The first-order valence-corrected chi connectivity index (χ1v) is 16.7. The summed E-state index contributed by atoms with van der Waals surface area (Å²) in [6.45, 7) is 20.1. The molecule has 6 nitrogen and oxygen atoms in total. The van der Waals surface area contributed by atoms with Gasteiger partial charge < -0.3 is 4.18 Å². The Bertz CT molecular complexity index is 1080. The Labute approximate surface area is 223 Å². The highest BCUT2D eigenvalue weighted by Gasteiger charge is 2.52. The Morgan fingerprint density at radius 1 is 0.868 bits per heavy atom. The van der Waals surface area contributed by atoms with Crippen LogP contribution in [0, 0.1) is 23.3 Å². The predicted octanol–water partition coefficient (Wildman–Crippen LogP) is 7.04. The summed E-state index contributed by atoms with van der Waals surface area (Å²) in [6, 6.07) is 0. The topological polar surface area (TPSA) is 86.7 Å². The molecule has 0 aliphatic heterocycles. The summed E-state index contributed by atoms with van der Waals surface area (Å²) >= 11 is 0. The van der Waals surface area contributed by atoms with Gasteiger partial charge >= 0.3 is 31.3 Å². The second kappa shape index (κ2) is 13.2. The van der Waals surface area contributed by atoms with E-state index < -0.39 is 75.9 Å². The number of hydrogen-bond acceptors (Lipinski definition) is 6. The highest BCUT2D eigenvalue weighted by molar-refractivity contribution is 7.87. The Morgan fingerprint density at radius 2 is 1.29 bits per heavy atom. The van der Waals surface area contributed by atoms with E-state index in [1.807, 2.05) is 41.5 Å². The van der Waals surface area contributed by atoms with Gasteiger partial charge in [-0.15, -0.1) is 18.0 Å². The second-order valence-electron chi connectivity index (χ2n) is 9.92. The number of hydrogen-bond donors (Lipinski definition) is 0. The highest BCUT2D eigenvalue weighted by atomic mass is 32.2. The lowest BCUT2D eigenvalue weighted by Crippen LogP contribution is -2.43. The van der Waals surface area contributed by atoms with Crippen molar-refractivity contribution in [2.24, 2.45) is 11.8 Å². The third-order valence-electron chi connectivity index (χ3n) is 6.30. The smallest absolute Gasteiger partial charge is 0.381 e. The third-order valence-corrected chi connectivity index (χ3v) is 14.7. The maximum Gasteiger partial charge on any atom is 0.534 e. The van der Waals surface area contributed by atoms with Crippen molar-refractivity contribution in [3.8, 4) is 11.5 Å². The van der Waals surface area contributed by atoms with Crippen molar-refractivity contribution in [1.29, 1.82) is 0 Å². The van der Waals surface area contributed by atoms with Gasteiger partial charge in [-0.2, -0.15) is 43.2 Å². The van der Waals surface area contributed by atoms with E-state index in [9.17, 15) is 43.2 Å². The lowest BCUT2D eigenvalue weighted by atomic mass is 9.90. The molecule has 3 atom stereocenters. The first kappa shape index (κ1) is 36.5. The van der Waals surface area contributed by atoms with Crippen LogP contribution >= 0.6 is 0 Å². The monoisotopic (exact) mass is 614 g/mol. The minimum atomic E-state index is -6.24. The maximum absolute atomic E-state index is 13.1. The molecule has 0 aliphatic carbocycles. The molecule has 0 N–H and O–H groups in total. The first-order chi connectivity index (χ1) is 16.9. The van der Waals surface area contributed by atoms with Crippen LogP contribution in [0.3, 0.4) is 0 Å². The van der Waals surface area contributed by atoms with Crippen molar-refractivity contribution >= 4 is 28.3 Å². The van der Waals surface area contributed by atoms with Crippen molar-refractivity contribution in [3.05, 3.63) is 25.0 Å². The van der Waals surface area contributed by atoms with Gasteiger partial charge in [-0.05, 0) is 29.5 Å². The van der Waals surface area contributed by atoms with Gasteiger partial charge in [0.2, 0.25) is 0 Å². The van der Waals surface area contributed by atoms with Crippen LogP contribution in [0.2, 0.25) is 16.6 Å². The van der Waals surface area contributed by atoms with E-state index in [0.717, 1.165) is 6.08 Å². The van der Waals surface area contributed by atoms with Gasteiger partial charge in [-0.25, -0.2) is 0 Å². The van der Waals surface area contributed by atoms with E-state index in [1.165, 1.54) is 6.92 Å². The quantitative estimate of drug-likeness (QED) is 0.0421. The molecule has 0 rings (SSSR count). The van der Waals surface area contributed by atoms with Crippen LogP contribution in [0.5, 0.6) is 0 Å². The zero-order valence-corrected chi connectivity index (χ0v) is 25.0. The maximum atomic E-state index is 13.1. The van der Waals surface area contributed by atoms with E-state index >= 15 is 0 Å². The van der Waals surface area contributed by atoms with Gasteiger partial charge in [0.15, 0.2) is 0 Å². The van der Waals surface area contributed by atoms with Crippen LogP contribution in [0.25, 0.3) is 0 Å². The third kappa shape index (κ3) is 9.02. The molecule has 0 saturated carbocycles. The van der Waals surface area contributed by atoms with Crippen molar-refractivity contribution in [1.82, 2.24) is 0 Å². The zero-order valence-electron chi connectivity index (χ0n) is 22.4. The fraction of sp³-hybridized carbons (Fsp3) is 0.739. The average molecular weight is 615 g/mol. The minimum Gasteiger partial charge on any atom is -0.381 e. The van der Waals surface area contributed by atoms with Crippen molar-refractivity contribution < 1.29 is 51.5 Å². The summed E-state index contributed by atoms with van der Waals surface area (Å²) < 4.78 is 133. The number of rotatable bonds is 13. The van der Waals surface area contributed by atoms with Gasteiger partial charge in [0, 0.05) is 11.8 Å². The predicted molar refractivity (Wildman–Crippen MR) is 136 cm³/mol. The van der Waals surface area contributed by atoms with Crippen LogP contribution < -0.4 is 0 Å². The zero-order chi connectivity index (χ0) is 30.5. The molecule has 222 valence electrons. The Hall–Kier alpha value is -1.50. The summed E-state index contributed by atoms with van der Waals surface area (Å²) in [4.78, 5) is 0. The lowest BCUT2D eigenvalue weighted by molar-refractivity contribution is -0.0608. The Kier molecular flexibility index (Phi) is 12.7. The van der Waals surface area contributed by atoms with Crippen LogP contribution in [0.4, 0.5) is 26.3 Å². The molecule has 38 heavy (non-hydrogen) atoms. The minimum absolute atomic E-state index is 0.203. The van der Waals surface area contributed by atoms with E-state index in [-0.39, 0.29) is 16.6 Å². The molecule has 0 radical (unpaired) electrons. The van der Waals surface area contributed by atoms with Gasteiger partial charge in [-0.3, -0.25) is 4.18 Å². The van der Waals surface area contributed by atoms with Crippen LogP contribution in [0.1, 0.15) is 61.3 Å². The molecule has 0 fully saturated rings. The largest absolute Gasteiger partial charge is 0.534 e. The number of allylic oxidation sites excluding steroid dienone is 1. The molecule has 15 heteroatoms. The summed E-state index contributed by atoms with van der Waals surface area (Å²) in [7, 11) is -14.8. The fourth-order valence-corrected chi connectivity index (χ4v) is 11.0. The van der Waals surface area contributed by atoms with Gasteiger partial charge in [0.1, 0.15) is 13.8 Å². The highest BCUT2D eigenvalue weighted by Crippen LogP contribution is 2.41. The molecule has 0 aliphatic rings. The molecule has 0 aromatic rings. The summed E-state index contributed by atoms with van der Waals surface area (Å²) in [5, 5.41) is 0. The molecule has 0 amide bonds. The van der Waals surface area contributed by atoms with E-state index in [1.54, 1.807) is 0 Å². The van der Waals surface area contributed by atoms with Crippen molar-refractivity contribution in [2.45, 2.75) is 95.1 Å². The Morgan fingerprint density at radius 3 is 1.63 bits per heavy atom. The molecule has 0 saturated heterocycles. The molecule has 0 bridgehead atoms. The lowest BCUT2D eigenvalue weighted by Gasteiger charge is -2.38. The molecular formula is C23H36F6O6S2Si. The SMILES string of the molecule is C=CC[C@H](C(=C)OS(=O)(=O)C(F)(F)F)[C@@H](C[C@H](C)C#C[Si](C(C)C)(C(C)C)C(C)C)OS(=O)(=O)C(F)(F)F. The average Bonchev–Trinajstić information content (AvgIpc) is 2.68. The van der Waals surface area contributed by atoms with Gasteiger partial charge in [0.05, 0.1) is 6.10 Å². The molecule has 0 aromatic carbocycles. The Balaban J connectivity index is 6.63. The number of halogens is 6. The molecule has 0 spiro atoms. The molecule has 0 aromatic heterocycles. The van der Waals surface area contributed by atoms with Crippen LogP contribution in [-0.2, 0) is 28.6 Å². The van der Waals surface area contributed by atoms with Crippen molar-refractivity contribution in [2.75, 3.05) is 0 Å².